The third-order valence-corrected chi connectivity index (χ3v) is 14.4. The van der Waals surface area contributed by atoms with Crippen molar-refractivity contribution in [1.82, 2.24) is 5.32 Å². The van der Waals surface area contributed by atoms with Gasteiger partial charge in [0.05, 0.1) is 25.4 Å². The van der Waals surface area contributed by atoms with Gasteiger partial charge in [0.15, 0.2) is 6.29 Å². The highest BCUT2D eigenvalue weighted by Gasteiger charge is 2.44. The van der Waals surface area contributed by atoms with Crippen LogP contribution in [0.3, 0.4) is 0 Å². The molecule has 0 bridgehead atoms. The molecule has 1 amide bonds. The molecule has 1 saturated heterocycles. The van der Waals surface area contributed by atoms with Crippen LogP contribution in [0, 0.1) is 0 Å². The van der Waals surface area contributed by atoms with Crippen LogP contribution in [0.4, 0.5) is 0 Å². The fourth-order valence-corrected chi connectivity index (χ4v) is 9.68. The molecule has 1 fully saturated rings. The molecule has 0 radical (unpaired) electrons. The molecule has 0 saturated carbocycles. The van der Waals surface area contributed by atoms with E-state index in [1.165, 1.54) is 193 Å². The number of ether oxygens (including phenoxy) is 2. The molecule has 7 atom stereocenters. The number of rotatable bonds is 52. The first-order chi connectivity index (χ1) is 34.8. The maximum Gasteiger partial charge on any atom is 0.220 e. The number of nitrogens with one attached hydrogen (secondary N) is 1. The smallest absolute Gasteiger partial charge is 0.220 e. The Balaban J connectivity index is 2.16. The second-order valence-electron chi connectivity index (χ2n) is 21.1. The van der Waals surface area contributed by atoms with Crippen LogP contribution < -0.4 is 5.32 Å². The summed E-state index contributed by atoms with van der Waals surface area (Å²) in [6.45, 7) is 3.76. The van der Waals surface area contributed by atoms with Gasteiger partial charge in [0.1, 0.15) is 24.4 Å². The molecule has 7 unspecified atom stereocenters. The van der Waals surface area contributed by atoms with Crippen LogP contribution in [0.1, 0.15) is 284 Å². The fraction of sp³-hybridized carbons (Fsp3) is 0.855. The number of unbranched alkanes of at least 4 members (excludes halogenated alkanes) is 34. The number of allylic oxidation sites excluding steroid dienone is 8. The summed E-state index contributed by atoms with van der Waals surface area (Å²) in [7, 11) is 0. The van der Waals surface area contributed by atoms with E-state index in [0.717, 1.165) is 64.2 Å². The lowest BCUT2D eigenvalue weighted by Crippen LogP contribution is -2.60. The first kappa shape index (κ1) is 67.2. The minimum atomic E-state index is -1.55. The Hall–Kier alpha value is -1.85. The van der Waals surface area contributed by atoms with E-state index in [-0.39, 0.29) is 12.5 Å². The predicted octanol–water partition coefficient (Wildman–Crippen LogP) is 15.3. The molecule has 1 heterocycles. The van der Waals surface area contributed by atoms with Crippen molar-refractivity contribution in [2.24, 2.45) is 0 Å². The molecule has 9 heteroatoms. The predicted molar refractivity (Wildman–Crippen MR) is 299 cm³/mol. The summed E-state index contributed by atoms with van der Waals surface area (Å²) in [5, 5.41) is 54.7. The largest absolute Gasteiger partial charge is 0.394 e. The molecule has 0 spiro atoms. The molecule has 416 valence electrons. The topological polar surface area (TPSA) is 149 Å². The molecule has 0 aromatic rings. The highest BCUT2D eigenvalue weighted by molar-refractivity contribution is 5.76. The van der Waals surface area contributed by atoms with E-state index in [0.29, 0.717) is 12.8 Å². The normalized spacial score (nSPS) is 19.6. The van der Waals surface area contributed by atoms with Gasteiger partial charge in [-0.1, -0.05) is 274 Å². The van der Waals surface area contributed by atoms with Crippen molar-refractivity contribution in [1.29, 1.82) is 0 Å². The minimum absolute atomic E-state index is 0.136. The van der Waals surface area contributed by atoms with E-state index in [9.17, 15) is 30.3 Å². The molecule has 6 N–H and O–H groups in total. The second kappa shape index (κ2) is 51.6. The molecule has 1 aliphatic heterocycles. The van der Waals surface area contributed by atoms with Crippen molar-refractivity contribution in [3.8, 4) is 0 Å². The zero-order valence-electron chi connectivity index (χ0n) is 46.2. The molecule has 0 aromatic heterocycles. The van der Waals surface area contributed by atoms with Crippen molar-refractivity contribution in [3.63, 3.8) is 0 Å². The van der Waals surface area contributed by atoms with Gasteiger partial charge in [0.2, 0.25) is 5.91 Å². The number of aliphatic hydroxyl groups is 5. The fourth-order valence-electron chi connectivity index (χ4n) is 9.68. The van der Waals surface area contributed by atoms with Gasteiger partial charge in [-0.2, -0.15) is 0 Å². The van der Waals surface area contributed by atoms with E-state index in [2.05, 4.69) is 67.8 Å². The first-order valence-electron chi connectivity index (χ1n) is 30.3. The zero-order valence-corrected chi connectivity index (χ0v) is 46.2. The van der Waals surface area contributed by atoms with Crippen molar-refractivity contribution < 1.29 is 39.8 Å². The lowest BCUT2D eigenvalue weighted by atomic mass is 9.99. The third kappa shape index (κ3) is 41.1. The summed E-state index contributed by atoms with van der Waals surface area (Å²) >= 11 is 0. The average molecular weight is 1000 g/mol. The van der Waals surface area contributed by atoms with Gasteiger partial charge in [0.25, 0.3) is 0 Å². The first-order valence-corrected chi connectivity index (χ1v) is 30.3. The van der Waals surface area contributed by atoms with Gasteiger partial charge < -0.3 is 40.3 Å². The van der Waals surface area contributed by atoms with E-state index < -0.39 is 49.5 Å². The lowest BCUT2D eigenvalue weighted by Gasteiger charge is -2.40. The molecular weight excluding hydrogens is 887 g/mol. The second-order valence-corrected chi connectivity index (χ2v) is 21.1. The van der Waals surface area contributed by atoms with Gasteiger partial charge in [-0.05, 0) is 51.4 Å². The van der Waals surface area contributed by atoms with Crippen molar-refractivity contribution in [3.05, 3.63) is 48.6 Å². The molecule has 71 heavy (non-hydrogen) atoms. The Morgan fingerprint density at radius 3 is 1.30 bits per heavy atom. The maximum absolute atomic E-state index is 13.1. The Bertz CT molecular complexity index is 1250. The van der Waals surface area contributed by atoms with Crippen LogP contribution in [-0.2, 0) is 14.3 Å². The monoisotopic (exact) mass is 1000 g/mol. The number of hydrogen-bond acceptors (Lipinski definition) is 8. The standard InChI is InChI=1S/C62H115NO8/c1-3-5-7-9-11-13-15-17-19-21-23-24-25-26-27-28-29-30-31-32-34-36-38-40-42-44-46-48-50-52-58(66)63-55(54-70-62-61(69)60(68)59(67)57(53-64)71-62)56(65)51-49-47-45-43-41-39-37-35-33-22-20-18-16-14-12-10-8-6-4-2/h5,7,11,13,17,19,23-24,55-57,59-62,64-65,67-69H,3-4,6,8-10,12,14-16,18,20-22,25-54H2,1-2H3,(H,63,66)/b7-5-,13-11-,19-17-,24-23-. The van der Waals surface area contributed by atoms with E-state index >= 15 is 0 Å². The SMILES string of the molecule is CC/C=C\C/C=C\C/C=C\C/C=C\CCCCCCCCCCCCCCCCCCC(=O)NC(COC1OC(CO)C(O)C(O)C1O)C(O)CCCCCCCCCCCCCCCCCCCCC. The highest BCUT2D eigenvalue weighted by atomic mass is 16.7. The lowest BCUT2D eigenvalue weighted by molar-refractivity contribution is -0.302. The van der Waals surface area contributed by atoms with Crippen LogP contribution in [0.15, 0.2) is 48.6 Å². The number of carbonyl (C=O) groups excluding carboxylic acids is 1. The zero-order chi connectivity index (χ0) is 51.5. The van der Waals surface area contributed by atoms with Crippen molar-refractivity contribution in [2.45, 2.75) is 326 Å². The van der Waals surface area contributed by atoms with Gasteiger partial charge in [-0.25, -0.2) is 0 Å². The number of aliphatic hydroxyl groups excluding tert-OH is 5. The van der Waals surface area contributed by atoms with Crippen molar-refractivity contribution in [2.75, 3.05) is 13.2 Å². The van der Waals surface area contributed by atoms with E-state index in [1.54, 1.807) is 0 Å². The van der Waals surface area contributed by atoms with Crippen molar-refractivity contribution >= 4 is 5.91 Å². The summed E-state index contributed by atoms with van der Waals surface area (Å²) < 4.78 is 11.3. The summed E-state index contributed by atoms with van der Waals surface area (Å²) in [5.74, 6) is -0.141. The minimum Gasteiger partial charge on any atom is -0.394 e. The van der Waals surface area contributed by atoms with Crippen LogP contribution >= 0.6 is 0 Å². The van der Waals surface area contributed by atoms with Gasteiger partial charge in [-0.3, -0.25) is 4.79 Å². The average Bonchev–Trinajstić information content (AvgIpc) is 3.37. The van der Waals surface area contributed by atoms with Crippen LogP contribution in [-0.4, -0.2) is 87.5 Å². The van der Waals surface area contributed by atoms with Crippen LogP contribution in [0.2, 0.25) is 0 Å². The molecule has 9 nitrogen and oxygen atoms in total. The molecule has 0 aliphatic carbocycles. The Kier molecular flexibility index (Phi) is 48.8. The van der Waals surface area contributed by atoms with Crippen LogP contribution in [0.5, 0.6) is 0 Å². The molecular formula is C62H115NO8. The molecule has 1 rings (SSSR count). The summed E-state index contributed by atoms with van der Waals surface area (Å²) in [6, 6.07) is -0.720. The Morgan fingerprint density at radius 1 is 0.493 bits per heavy atom. The Morgan fingerprint density at radius 2 is 0.873 bits per heavy atom. The van der Waals surface area contributed by atoms with Gasteiger partial charge >= 0.3 is 0 Å². The number of amides is 1. The van der Waals surface area contributed by atoms with Crippen LogP contribution in [0.25, 0.3) is 0 Å². The third-order valence-electron chi connectivity index (χ3n) is 14.4. The molecule has 0 aromatic carbocycles. The van der Waals surface area contributed by atoms with Gasteiger partial charge in [0, 0.05) is 6.42 Å². The summed E-state index contributed by atoms with van der Waals surface area (Å²) in [4.78, 5) is 13.1. The molecule has 1 aliphatic rings. The summed E-state index contributed by atoms with van der Waals surface area (Å²) in [6.07, 6.45) is 61.4. The Labute approximate surface area is 437 Å². The highest BCUT2D eigenvalue weighted by Crippen LogP contribution is 2.23. The summed E-state index contributed by atoms with van der Waals surface area (Å²) in [5.41, 5.74) is 0. The number of hydrogen-bond donors (Lipinski definition) is 6. The number of carbonyl (C=O) groups is 1. The van der Waals surface area contributed by atoms with Gasteiger partial charge in [-0.15, -0.1) is 0 Å². The van der Waals surface area contributed by atoms with E-state index in [4.69, 9.17) is 9.47 Å². The quantitative estimate of drug-likeness (QED) is 0.0261. The maximum atomic E-state index is 13.1. The van der Waals surface area contributed by atoms with E-state index in [1.807, 2.05) is 0 Å².